The van der Waals surface area contributed by atoms with Crippen LogP contribution in [-0.2, 0) is 0 Å². The van der Waals surface area contributed by atoms with Crippen LogP contribution in [0.3, 0.4) is 0 Å². The van der Waals surface area contributed by atoms with Crippen LogP contribution in [-0.4, -0.2) is 0 Å². The first-order valence-electron chi connectivity index (χ1n) is 4.80. The van der Waals surface area contributed by atoms with Gasteiger partial charge in [0.2, 0.25) is 0 Å². The zero-order valence-electron chi connectivity index (χ0n) is 8.88. The molecule has 2 aromatic rings. The normalized spacial score (nSPS) is 10.9. The maximum atomic E-state index is 13.4. The minimum absolute atomic E-state index is 0.0512. The molecule has 7 heteroatoms. The lowest BCUT2D eigenvalue weighted by molar-refractivity contribution is 0.445. The first kappa shape index (κ1) is 13.4. The van der Waals surface area contributed by atoms with E-state index in [0.717, 1.165) is 0 Å². The van der Waals surface area contributed by atoms with Crippen molar-refractivity contribution in [1.82, 2.24) is 0 Å². The lowest BCUT2D eigenvalue weighted by Gasteiger charge is -2.08. The molecule has 0 radical (unpaired) electrons. The van der Waals surface area contributed by atoms with Crippen LogP contribution in [0.4, 0.5) is 30.7 Å². The summed E-state index contributed by atoms with van der Waals surface area (Å²) in [6.07, 6.45) is 0. The molecule has 0 aliphatic carbocycles. The van der Waals surface area contributed by atoms with Gasteiger partial charge in [-0.15, -0.1) is 0 Å². The summed E-state index contributed by atoms with van der Waals surface area (Å²) >= 11 is 0. The summed E-state index contributed by atoms with van der Waals surface area (Å²) in [5.41, 5.74) is -2.17. The van der Waals surface area contributed by atoms with E-state index >= 15 is 0 Å². The Morgan fingerprint density at radius 1 is 0.474 bits per heavy atom. The highest BCUT2D eigenvalue weighted by Crippen LogP contribution is 2.31. The highest BCUT2D eigenvalue weighted by atomic mass is 19.2. The van der Waals surface area contributed by atoms with Crippen molar-refractivity contribution < 1.29 is 30.7 Å². The third-order valence-electron chi connectivity index (χ3n) is 2.38. The van der Waals surface area contributed by atoms with Crippen LogP contribution >= 0.6 is 0 Å². The summed E-state index contributed by atoms with van der Waals surface area (Å²) in [5.74, 6) is -12.5. The molecule has 0 aliphatic rings. The monoisotopic (exact) mass is 280 g/mol. The van der Waals surface area contributed by atoms with Crippen molar-refractivity contribution in [2.45, 2.75) is 0 Å². The van der Waals surface area contributed by atoms with E-state index in [9.17, 15) is 30.7 Å². The Hall–Kier alpha value is -2.05. The first-order valence-corrected chi connectivity index (χ1v) is 4.80. The number of hydrogen-bond donors (Lipinski definition) is 0. The van der Waals surface area contributed by atoms with Crippen LogP contribution < -0.4 is 0 Å². The van der Waals surface area contributed by atoms with Crippen LogP contribution in [0.2, 0.25) is 0 Å². The van der Waals surface area contributed by atoms with Crippen molar-refractivity contribution in [3.8, 4) is 11.1 Å². The second-order valence-corrected chi connectivity index (χ2v) is 3.60. The molecule has 0 heterocycles. The van der Waals surface area contributed by atoms with Gasteiger partial charge in [0.25, 0.3) is 0 Å². The lowest BCUT2D eigenvalue weighted by atomic mass is 10.0. The number of benzene rings is 2. The van der Waals surface area contributed by atoms with Crippen molar-refractivity contribution in [3.05, 3.63) is 58.9 Å². The molecule has 19 heavy (non-hydrogen) atoms. The van der Waals surface area contributed by atoms with E-state index < -0.39 is 51.8 Å². The van der Waals surface area contributed by atoms with Crippen LogP contribution in [0.5, 0.6) is 0 Å². The number of halogens is 7. The fourth-order valence-corrected chi connectivity index (χ4v) is 1.53. The molecule has 100 valence electrons. The summed E-state index contributed by atoms with van der Waals surface area (Å²) < 4.78 is 91.2. The third-order valence-corrected chi connectivity index (χ3v) is 2.38. The molecule has 0 unspecified atom stereocenters. The molecule has 0 N–H and O–H groups in total. The molecule has 2 aromatic carbocycles. The van der Waals surface area contributed by atoms with Crippen molar-refractivity contribution >= 4 is 0 Å². The zero-order chi connectivity index (χ0) is 14.3. The van der Waals surface area contributed by atoms with Gasteiger partial charge >= 0.3 is 0 Å². The van der Waals surface area contributed by atoms with E-state index in [4.69, 9.17) is 0 Å². The highest BCUT2D eigenvalue weighted by Gasteiger charge is 2.22. The minimum atomic E-state index is -1.86. The fraction of sp³-hybridized carbons (Fsp3) is 0. The van der Waals surface area contributed by atoms with Crippen molar-refractivity contribution in [3.63, 3.8) is 0 Å². The highest BCUT2D eigenvalue weighted by molar-refractivity contribution is 5.65. The standard InChI is InChI=1S/C12H3F7/c13-5-1-4(2-6(14)10(5)17)9-11(18)7(15)3-8(16)12(9)19/h1-3H. The molecule has 0 amide bonds. The van der Waals surface area contributed by atoms with Crippen molar-refractivity contribution in [2.75, 3.05) is 0 Å². The molecule has 0 fully saturated rings. The second-order valence-electron chi connectivity index (χ2n) is 3.60. The fourth-order valence-electron chi connectivity index (χ4n) is 1.53. The van der Waals surface area contributed by atoms with Gasteiger partial charge < -0.3 is 0 Å². The molecular formula is C12H3F7. The molecule has 2 rings (SSSR count). The van der Waals surface area contributed by atoms with E-state index in [-0.39, 0.29) is 18.2 Å². The van der Waals surface area contributed by atoms with Gasteiger partial charge in [0.1, 0.15) is 0 Å². The van der Waals surface area contributed by atoms with Gasteiger partial charge in [0.05, 0.1) is 5.56 Å². The number of hydrogen-bond acceptors (Lipinski definition) is 0. The molecule has 0 aromatic heterocycles. The molecule has 0 nitrogen and oxygen atoms in total. The van der Waals surface area contributed by atoms with E-state index in [1.54, 1.807) is 0 Å². The zero-order valence-corrected chi connectivity index (χ0v) is 8.88. The van der Waals surface area contributed by atoms with E-state index in [1.807, 2.05) is 0 Å². The van der Waals surface area contributed by atoms with Gasteiger partial charge in [-0.3, -0.25) is 0 Å². The summed E-state index contributed by atoms with van der Waals surface area (Å²) in [6.45, 7) is 0. The molecule has 0 spiro atoms. The Morgan fingerprint density at radius 3 is 1.26 bits per heavy atom. The second kappa shape index (κ2) is 4.56. The van der Waals surface area contributed by atoms with E-state index in [0.29, 0.717) is 0 Å². The SMILES string of the molecule is Fc1cc(-c2c(F)c(F)cc(F)c2F)cc(F)c1F. The predicted molar refractivity (Wildman–Crippen MR) is 51.6 cm³/mol. The Balaban J connectivity index is 2.79. The maximum absolute atomic E-state index is 13.4. The van der Waals surface area contributed by atoms with Gasteiger partial charge in [0, 0.05) is 6.07 Å². The maximum Gasteiger partial charge on any atom is 0.194 e. The molecule has 0 bridgehead atoms. The molecular weight excluding hydrogens is 277 g/mol. The van der Waals surface area contributed by atoms with Gasteiger partial charge in [-0.1, -0.05) is 0 Å². The minimum Gasteiger partial charge on any atom is -0.204 e. The quantitative estimate of drug-likeness (QED) is 0.414. The topological polar surface area (TPSA) is 0 Å². The lowest BCUT2D eigenvalue weighted by Crippen LogP contribution is -2.00. The average Bonchev–Trinajstić information content (AvgIpc) is 2.34. The largest absolute Gasteiger partial charge is 0.204 e. The molecule has 0 saturated carbocycles. The van der Waals surface area contributed by atoms with E-state index in [2.05, 4.69) is 0 Å². The molecule has 0 atom stereocenters. The summed E-state index contributed by atoms with van der Waals surface area (Å²) in [4.78, 5) is 0. The average molecular weight is 280 g/mol. The first-order chi connectivity index (χ1) is 8.82. The summed E-state index contributed by atoms with van der Waals surface area (Å²) in [5, 5.41) is 0. The Kier molecular flexibility index (Phi) is 3.21. The van der Waals surface area contributed by atoms with Gasteiger partial charge in [0.15, 0.2) is 40.7 Å². The summed E-state index contributed by atoms with van der Waals surface area (Å²) in [6, 6.07) is 0.419. The molecule has 0 saturated heterocycles. The molecule has 0 aliphatic heterocycles. The van der Waals surface area contributed by atoms with Crippen LogP contribution in [0, 0.1) is 40.7 Å². The number of rotatable bonds is 1. The third kappa shape index (κ3) is 2.16. The Bertz CT molecular complexity index is 614. The smallest absolute Gasteiger partial charge is 0.194 e. The predicted octanol–water partition coefficient (Wildman–Crippen LogP) is 4.33. The van der Waals surface area contributed by atoms with Gasteiger partial charge in [-0.25, -0.2) is 30.7 Å². The van der Waals surface area contributed by atoms with Crippen molar-refractivity contribution in [1.29, 1.82) is 0 Å². The van der Waals surface area contributed by atoms with Crippen LogP contribution in [0.25, 0.3) is 11.1 Å². The Morgan fingerprint density at radius 2 is 0.842 bits per heavy atom. The van der Waals surface area contributed by atoms with Gasteiger partial charge in [-0.2, -0.15) is 0 Å². The van der Waals surface area contributed by atoms with Crippen LogP contribution in [0.1, 0.15) is 0 Å². The van der Waals surface area contributed by atoms with E-state index in [1.165, 1.54) is 0 Å². The summed E-state index contributed by atoms with van der Waals surface area (Å²) in [7, 11) is 0. The van der Waals surface area contributed by atoms with Gasteiger partial charge in [-0.05, 0) is 17.7 Å². The Labute approximate surface area is 102 Å². The van der Waals surface area contributed by atoms with Crippen molar-refractivity contribution in [2.24, 2.45) is 0 Å². The van der Waals surface area contributed by atoms with Crippen LogP contribution in [0.15, 0.2) is 18.2 Å².